The van der Waals surface area contributed by atoms with Gasteiger partial charge in [-0.3, -0.25) is 4.79 Å². The van der Waals surface area contributed by atoms with E-state index in [9.17, 15) is 4.79 Å². The maximum absolute atomic E-state index is 12.8. The largest absolute Gasteiger partial charge is 0.456 e. The van der Waals surface area contributed by atoms with E-state index in [0.717, 1.165) is 36.2 Å². The minimum atomic E-state index is 0.0499. The van der Waals surface area contributed by atoms with Gasteiger partial charge in [-0.25, -0.2) is 0 Å². The molecule has 0 radical (unpaired) electrons. The van der Waals surface area contributed by atoms with Crippen LogP contribution in [0.5, 0.6) is 0 Å². The molecule has 0 bridgehead atoms. The first-order chi connectivity index (χ1) is 11.6. The summed E-state index contributed by atoms with van der Waals surface area (Å²) in [5.74, 6) is 0.742. The molecule has 0 saturated heterocycles. The maximum atomic E-state index is 12.8. The molecule has 1 aliphatic carbocycles. The Balaban J connectivity index is 1.95. The van der Waals surface area contributed by atoms with Crippen LogP contribution in [0, 0.1) is 6.92 Å². The van der Waals surface area contributed by atoms with Gasteiger partial charge in [0.25, 0.3) is 0 Å². The number of fused-ring (bicyclic) bond motifs is 2. The highest BCUT2D eigenvalue weighted by atomic mass is 16.3. The van der Waals surface area contributed by atoms with Crippen LogP contribution in [0.25, 0.3) is 22.6 Å². The van der Waals surface area contributed by atoms with Crippen molar-refractivity contribution in [3.05, 3.63) is 75.1 Å². The van der Waals surface area contributed by atoms with Crippen molar-refractivity contribution in [2.24, 2.45) is 0 Å². The van der Waals surface area contributed by atoms with Gasteiger partial charge in [0.05, 0.1) is 5.39 Å². The summed E-state index contributed by atoms with van der Waals surface area (Å²) in [6.07, 6.45) is 4.79. The third-order valence-corrected chi connectivity index (χ3v) is 4.69. The molecule has 1 aromatic heterocycles. The number of aryl methyl sites for hydroxylation is 1. The highest BCUT2D eigenvalue weighted by molar-refractivity contribution is 5.87. The molecule has 120 valence electrons. The summed E-state index contributed by atoms with van der Waals surface area (Å²) in [6, 6.07) is 13.5. The Morgan fingerprint density at radius 1 is 1.12 bits per heavy atom. The van der Waals surface area contributed by atoms with E-state index in [-0.39, 0.29) is 5.43 Å². The van der Waals surface area contributed by atoms with E-state index in [0.29, 0.717) is 16.7 Å². The van der Waals surface area contributed by atoms with Gasteiger partial charge in [0.1, 0.15) is 11.3 Å². The lowest BCUT2D eigenvalue weighted by Gasteiger charge is -2.18. The average Bonchev–Trinajstić information content (AvgIpc) is 2.58. The van der Waals surface area contributed by atoms with Crippen molar-refractivity contribution in [2.75, 3.05) is 5.73 Å². The van der Waals surface area contributed by atoms with Crippen molar-refractivity contribution in [3.8, 4) is 0 Å². The quantitative estimate of drug-likeness (QED) is 0.669. The second kappa shape index (κ2) is 5.68. The second-order valence-electron chi connectivity index (χ2n) is 6.37. The number of anilines is 1. The van der Waals surface area contributed by atoms with Gasteiger partial charge < -0.3 is 10.2 Å². The monoisotopic (exact) mass is 317 g/mol. The number of allylic oxidation sites excluding steroid dienone is 1. The lowest BCUT2D eigenvalue weighted by Crippen LogP contribution is -2.16. The highest BCUT2D eigenvalue weighted by Crippen LogP contribution is 2.33. The van der Waals surface area contributed by atoms with E-state index < -0.39 is 0 Å². The zero-order chi connectivity index (χ0) is 16.7. The fourth-order valence-electron chi connectivity index (χ4n) is 3.38. The third-order valence-electron chi connectivity index (χ3n) is 4.69. The van der Waals surface area contributed by atoms with Crippen molar-refractivity contribution in [1.29, 1.82) is 0 Å². The highest BCUT2D eigenvalue weighted by Gasteiger charge is 2.22. The number of nitrogens with two attached hydrogens (primary N) is 1. The van der Waals surface area contributed by atoms with Crippen LogP contribution in [0.4, 0.5) is 5.69 Å². The molecule has 2 N–H and O–H groups in total. The van der Waals surface area contributed by atoms with Crippen LogP contribution in [0.1, 0.15) is 35.3 Å². The van der Waals surface area contributed by atoms with Crippen LogP contribution in [0.15, 0.2) is 51.7 Å². The van der Waals surface area contributed by atoms with Crippen LogP contribution >= 0.6 is 0 Å². The van der Waals surface area contributed by atoms with Crippen LogP contribution in [0.2, 0.25) is 0 Å². The molecular formula is C21H19NO2. The molecule has 4 rings (SSSR count). The van der Waals surface area contributed by atoms with E-state index in [1.165, 1.54) is 11.1 Å². The first-order valence-corrected chi connectivity index (χ1v) is 8.25. The molecule has 0 aliphatic heterocycles. The first kappa shape index (κ1) is 14.8. The fourth-order valence-corrected chi connectivity index (χ4v) is 3.38. The van der Waals surface area contributed by atoms with E-state index in [2.05, 4.69) is 25.1 Å². The number of rotatable bonds is 1. The Morgan fingerprint density at radius 2 is 1.96 bits per heavy atom. The Morgan fingerprint density at radius 3 is 2.79 bits per heavy atom. The second-order valence-corrected chi connectivity index (χ2v) is 6.37. The van der Waals surface area contributed by atoms with E-state index in [4.69, 9.17) is 10.2 Å². The average molecular weight is 317 g/mol. The summed E-state index contributed by atoms with van der Waals surface area (Å²) in [7, 11) is 0. The van der Waals surface area contributed by atoms with Crippen molar-refractivity contribution >= 4 is 28.3 Å². The van der Waals surface area contributed by atoms with Gasteiger partial charge in [0, 0.05) is 11.3 Å². The third kappa shape index (κ3) is 2.42. The Bertz CT molecular complexity index is 1030. The number of nitrogen functional groups attached to an aromatic ring is 1. The maximum Gasteiger partial charge on any atom is 0.196 e. The molecular weight excluding hydrogens is 298 g/mol. The van der Waals surface area contributed by atoms with E-state index in [1.807, 2.05) is 12.1 Å². The molecule has 0 spiro atoms. The van der Waals surface area contributed by atoms with E-state index >= 15 is 0 Å². The molecule has 2 aromatic carbocycles. The van der Waals surface area contributed by atoms with Gasteiger partial charge in [-0.15, -0.1) is 0 Å². The lowest BCUT2D eigenvalue weighted by molar-refractivity contribution is 0.558. The number of benzene rings is 2. The van der Waals surface area contributed by atoms with Crippen LogP contribution in [-0.2, 0) is 6.42 Å². The Labute approximate surface area is 140 Å². The van der Waals surface area contributed by atoms with Gasteiger partial charge in [-0.05, 0) is 67.2 Å². The summed E-state index contributed by atoms with van der Waals surface area (Å²) in [6.45, 7) is 2.09. The molecule has 0 saturated carbocycles. The predicted molar refractivity (Wildman–Crippen MR) is 98.9 cm³/mol. The van der Waals surface area contributed by atoms with Crippen molar-refractivity contribution in [2.45, 2.75) is 26.2 Å². The number of hydrogen-bond donors (Lipinski definition) is 1. The fraction of sp³-hybridized carbons (Fsp3) is 0.190. The molecule has 3 heteroatoms. The summed E-state index contributed by atoms with van der Waals surface area (Å²) in [5.41, 5.74) is 11.3. The zero-order valence-electron chi connectivity index (χ0n) is 13.6. The molecule has 1 aliphatic rings. The topological polar surface area (TPSA) is 56.2 Å². The summed E-state index contributed by atoms with van der Waals surface area (Å²) < 4.78 is 6.12. The molecule has 0 amide bonds. The van der Waals surface area contributed by atoms with Crippen LogP contribution in [-0.4, -0.2) is 0 Å². The van der Waals surface area contributed by atoms with Gasteiger partial charge in [-0.1, -0.05) is 24.3 Å². The van der Waals surface area contributed by atoms with Crippen molar-refractivity contribution < 1.29 is 4.42 Å². The molecule has 0 fully saturated rings. The molecule has 0 unspecified atom stereocenters. The molecule has 0 atom stereocenters. The normalized spacial score (nSPS) is 15.6. The van der Waals surface area contributed by atoms with Crippen LogP contribution < -0.4 is 11.2 Å². The van der Waals surface area contributed by atoms with Crippen molar-refractivity contribution in [3.63, 3.8) is 0 Å². The first-order valence-electron chi connectivity index (χ1n) is 8.25. The van der Waals surface area contributed by atoms with Gasteiger partial charge in [-0.2, -0.15) is 0 Å². The predicted octanol–water partition coefficient (Wildman–Crippen LogP) is 4.56. The number of hydrogen-bond acceptors (Lipinski definition) is 3. The summed E-state index contributed by atoms with van der Waals surface area (Å²) in [5, 5.41) is 0.575. The van der Waals surface area contributed by atoms with Crippen molar-refractivity contribution in [1.82, 2.24) is 0 Å². The zero-order valence-corrected chi connectivity index (χ0v) is 13.6. The molecule has 3 nitrogen and oxygen atoms in total. The van der Waals surface area contributed by atoms with Gasteiger partial charge in [0.2, 0.25) is 0 Å². The minimum absolute atomic E-state index is 0.0499. The van der Waals surface area contributed by atoms with E-state index in [1.54, 1.807) is 18.2 Å². The lowest BCUT2D eigenvalue weighted by atomic mass is 9.89. The Hall–Kier alpha value is -2.81. The standard InChI is InChI=1S/C21H19NO2/c1-13-5-2-3-6-14(13)11-15-7-4-8-17-20(23)18-12-16(22)9-10-19(18)24-21(15)17/h2-3,5-6,9-12H,4,7-8,22H2,1H3. The van der Waals surface area contributed by atoms with Crippen LogP contribution in [0.3, 0.4) is 0 Å². The summed E-state index contributed by atoms with van der Waals surface area (Å²) >= 11 is 0. The molecule has 3 aromatic rings. The molecule has 1 heterocycles. The van der Waals surface area contributed by atoms with Gasteiger partial charge in [0.15, 0.2) is 5.43 Å². The molecule has 24 heavy (non-hydrogen) atoms. The Kier molecular flexibility index (Phi) is 3.49. The smallest absolute Gasteiger partial charge is 0.196 e. The SMILES string of the molecule is Cc1ccccc1C=C1CCCc2c1oc1ccc(N)cc1c2=O. The van der Waals surface area contributed by atoms with Gasteiger partial charge >= 0.3 is 0 Å². The summed E-state index contributed by atoms with van der Waals surface area (Å²) in [4.78, 5) is 12.8. The minimum Gasteiger partial charge on any atom is -0.456 e.